The van der Waals surface area contributed by atoms with Gasteiger partial charge in [-0.2, -0.15) is 5.10 Å². The zero-order chi connectivity index (χ0) is 17.4. The second-order valence-electron chi connectivity index (χ2n) is 6.38. The number of likely N-dealkylation sites (N-methyl/N-ethyl adjacent to an activating group) is 1. The van der Waals surface area contributed by atoms with E-state index in [1.165, 1.54) is 10.3 Å². The van der Waals surface area contributed by atoms with Crippen molar-refractivity contribution in [2.75, 3.05) is 39.0 Å². The largest absolute Gasteiger partial charge is 0.383 e. The van der Waals surface area contributed by atoms with Gasteiger partial charge in [0.15, 0.2) is 0 Å². The highest BCUT2D eigenvalue weighted by molar-refractivity contribution is 8.00. The van der Waals surface area contributed by atoms with Gasteiger partial charge in [-0.05, 0) is 38.4 Å². The van der Waals surface area contributed by atoms with Crippen LogP contribution in [0.2, 0.25) is 0 Å². The molecule has 3 aromatic rings. The monoisotopic (exact) mass is 354 g/mol. The summed E-state index contributed by atoms with van der Waals surface area (Å²) in [5.74, 6) is 0. The van der Waals surface area contributed by atoms with Crippen LogP contribution in [-0.4, -0.2) is 53.4 Å². The number of hydrogen-bond acceptors (Lipinski definition) is 6. The Hall–Kier alpha value is -2.09. The number of fused-ring (bicyclic) bond motifs is 2. The molecule has 4 rings (SSSR count). The minimum absolute atomic E-state index is 0.566. The van der Waals surface area contributed by atoms with Crippen molar-refractivity contribution in [2.24, 2.45) is 5.73 Å². The van der Waals surface area contributed by atoms with Crippen molar-refractivity contribution >= 4 is 28.4 Å². The number of anilines is 1. The molecule has 0 atom stereocenters. The third kappa shape index (κ3) is 2.88. The van der Waals surface area contributed by atoms with Crippen LogP contribution in [0.15, 0.2) is 40.3 Å². The van der Waals surface area contributed by atoms with Gasteiger partial charge in [-0.25, -0.2) is 0 Å². The fourth-order valence-corrected chi connectivity index (χ4v) is 4.29. The molecule has 7 heteroatoms. The van der Waals surface area contributed by atoms with Crippen LogP contribution < -0.4 is 11.1 Å². The quantitative estimate of drug-likeness (QED) is 0.554. The summed E-state index contributed by atoms with van der Waals surface area (Å²) < 4.78 is 2.00. The Labute approximate surface area is 151 Å². The molecule has 130 valence electrons. The normalized spacial score (nSPS) is 12.6. The summed E-state index contributed by atoms with van der Waals surface area (Å²) in [7, 11) is 4.17. The summed E-state index contributed by atoms with van der Waals surface area (Å²) >= 11 is 1.77. The number of nitrogens with two attached hydrogens (primary N) is 1. The average Bonchev–Trinajstić information content (AvgIpc) is 2.97. The van der Waals surface area contributed by atoms with Crippen molar-refractivity contribution in [3.63, 3.8) is 0 Å². The first kappa shape index (κ1) is 16.4. The molecule has 1 aliphatic heterocycles. The van der Waals surface area contributed by atoms with E-state index in [0.717, 1.165) is 40.6 Å². The molecule has 0 bridgehead atoms. The van der Waals surface area contributed by atoms with E-state index in [4.69, 9.17) is 10.8 Å². The Balaban J connectivity index is 1.85. The van der Waals surface area contributed by atoms with Gasteiger partial charge in [-0.3, -0.25) is 9.67 Å². The van der Waals surface area contributed by atoms with Crippen LogP contribution in [0.5, 0.6) is 0 Å². The number of pyridine rings is 1. The van der Waals surface area contributed by atoms with Crippen molar-refractivity contribution in [3.05, 3.63) is 30.5 Å². The first-order chi connectivity index (χ1) is 12.2. The molecule has 0 amide bonds. The highest BCUT2D eigenvalue weighted by Crippen LogP contribution is 2.49. The van der Waals surface area contributed by atoms with Crippen molar-refractivity contribution in [1.82, 2.24) is 19.7 Å². The van der Waals surface area contributed by atoms with E-state index in [2.05, 4.69) is 47.5 Å². The number of nitrogens with zero attached hydrogens (tertiary/aromatic N) is 4. The van der Waals surface area contributed by atoms with Crippen molar-refractivity contribution in [2.45, 2.75) is 16.3 Å². The third-order valence-electron chi connectivity index (χ3n) is 4.29. The smallest absolute Gasteiger partial charge is 0.121 e. The van der Waals surface area contributed by atoms with Gasteiger partial charge in [0.05, 0.1) is 12.1 Å². The SMILES string of the molecule is CN(C)CCNc1ccc2c3c(nn2CCN)-c2ncccc2Sc13. The topological polar surface area (TPSA) is 72.0 Å². The van der Waals surface area contributed by atoms with Crippen LogP contribution in [0.1, 0.15) is 0 Å². The van der Waals surface area contributed by atoms with Crippen molar-refractivity contribution in [1.29, 1.82) is 0 Å². The van der Waals surface area contributed by atoms with E-state index in [-0.39, 0.29) is 0 Å². The maximum absolute atomic E-state index is 5.78. The van der Waals surface area contributed by atoms with Crippen LogP contribution in [0, 0.1) is 0 Å². The Morgan fingerprint density at radius 1 is 1.24 bits per heavy atom. The number of benzene rings is 1. The Morgan fingerprint density at radius 3 is 2.92 bits per heavy atom. The molecule has 1 aromatic carbocycles. The van der Waals surface area contributed by atoms with Gasteiger partial charge >= 0.3 is 0 Å². The molecule has 3 heterocycles. The summed E-state index contributed by atoms with van der Waals surface area (Å²) in [6.45, 7) is 3.16. The van der Waals surface area contributed by atoms with Crippen LogP contribution in [-0.2, 0) is 6.54 Å². The molecule has 0 unspecified atom stereocenters. The van der Waals surface area contributed by atoms with Crippen molar-refractivity contribution < 1.29 is 0 Å². The van der Waals surface area contributed by atoms with Crippen LogP contribution in [0.3, 0.4) is 0 Å². The summed E-state index contributed by atoms with van der Waals surface area (Å²) in [6.07, 6.45) is 1.83. The Morgan fingerprint density at radius 2 is 2.12 bits per heavy atom. The zero-order valence-electron chi connectivity index (χ0n) is 14.5. The van der Waals surface area contributed by atoms with E-state index >= 15 is 0 Å². The summed E-state index contributed by atoms with van der Waals surface area (Å²) in [6, 6.07) is 8.38. The van der Waals surface area contributed by atoms with E-state index in [1.54, 1.807) is 11.8 Å². The minimum Gasteiger partial charge on any atom is -0.383 e. The molecule has 6 nitrogen and oxygen atoms in total. The zero-order valence-corrected chi connectivity index (χ0v) is 15.3. The molecule has 0 radical (unpaired) electrons. The predicted molar refractivity (Wildman–Crippen MR) is 103 cm³/mol. The van der Waals surface area contributed by atoms with E-state index < -0.39 is 0 Å². The molecular formula is C18H22N6S. The molecule has 25 heavy (non-hydrogen) atoms. The van der Waals surface area contributed by atoms with Crippen LogP contribution >= 0.6 is 11.8 Å². The van der Waals surface area contributed by atoms with Gasteiger partial charge in [0.1, 0.15) is 11.4 Å². The highest BCUT2D eigenvalue weighted by atomic mass is 32.2. The lowest BCUT2D eigenvalue weighted by Crippen LogP contribution is -2.21. The molecule has 0 fully saturated rings. The maximum atomic E-state index is 5.78. The minimum atomic E-state index is 0.566. The van der Waals surface area contributed by atoms with Crippen molar-refractivity contribution in [3.8, 4) is 11.4 Å². The second kappa shape index (κ2) is 6.67. The van der Waals surface area contributed by atoms with Gasteiger partial charge in [0, 0.05) is 46.7 Å². The molecular weight excluding hydrogens is 332 g/mol. The first-order valence-corrected chi connectivity index (χ1v) is 9.26. The van der Waals surface area contributed by atoms with E-state index in [0.29, 0.717) is 13.1 Å². The summed E-state index contributed by atoms with van der Waals surface area (Å²) in [4.78, 5) is 9.13. The van der Waals surface area contributed by atoms with Crippen LogP contribution in [0.25, 0.3) is 22.3 Å². The van der Waals surface area contributed by atoms with E-state index in [1.807, 2.05) is 16.9 Å². The number of hydrogen-bond donors (Lipinski definition) is 2. The fraction of sp³-hybridized carbons (Fsp3) is 0.333. The Bertz CT molecular complexity index is 917. The molecule has 2 aromatic heterocycles. The Kier molecular flexibility index (Phi) is 4.37. The highest BCUT2D eigenvalue weighted by Gasteiger charge is 2.26. The molecule has 3 N–H and O–H groups in total. The van der Waals surface area contributed by atoms with Gasteiger partial charge in [-0.15, -0.1) is 0 Å². The average molecular weight is 354 g/mol. The number of rotatable bonds is 6. The van der Waals surface area contributed by atoms with Gasteiger partial charge in [0.2, 0.25) is 0 Å². The van der Waals surface area contributed by atoms with Crippen LogP contribution in [0.4, 0.5) is 5.69 Å². The lowest BCUT2D eigenvalue weighted by molar-refractivity contribution is 0.425. The van der Waals surface area contributed by atoms with E-state index in [9.17, 15) is 0 Å². The third-order valence-corrected chi connectivity index (χ3v) is 5.47. The standard InChI is InChI=1S/C18H22N6S/c1-23(2)11-9-20-12-5-6-13-15-17(22-24(13)10-7-19)16-14(25-18(12)15)4-3-8-21-16/h3-6,8,20H,7,9-11,19H2,1-2H3. The van der Waals surface area contributed by atoms with Gasteiger partial charge in [-0.1, -0.05) is 11.8 Å². The molecule has 1 aliphatic rings. The predicted octanol–water partition coefficient (Wildman–Crippen LogP) is 2.50. The number of aromatic nitrogens is 3. The molecule has 0 spiro atoms. The number of nitrogens with one attached hydrogen (secondary N) is 1. The molecule has 0 aliphatic carbocycles. The maximum Gasteiger partial charge on any atom is 0.121 e. The van der Waals surface area contributed by atoms with Gasteiger partial charge < -0.3 is 16.0 Å². The molecule has 0 saturated heterocycles. The second-order valence-corrected chi connectivity index (χ2v) is 7.43. The first-order valence-electron chi connectivity index (χ1n) is 8.44. The fourth-order valence-electron chi connectivity index (χ4n) is 3.12. The summed E-state index contributed by atoms with van der Waals surface area (Å²) in [5, 5.41) is 9.58. The summed E-state index contributed by atoms with van der Waals surface area (Å²) in [5.41, 5.74) is 9.98. The lowest BCUT2D eigenvalue weighted by atomic mass is 10.1. The molecule has 0 saturated carbocycles. The van der Waals surface area contributed by atoms with Gasteiger partial charge in [0.25, 0.3) is 0 Å². The lowest BCUT2D eigenvalue weighted by Gasteiger charge is -2.19.